The fourth-order valence-corrected chi connectivity index (χ4v) is 1.69. The van der Waals surface area contributed by atoms with Gasteiger partial charge in [-0.05, 0) is 31.4 Å². The summed E-state index contributed by atoms with van der Waals surface area (Å²) in [6, 6.07) is 11.1. The molecule has 0 bridgehead atoms. The molecule has 0 spiro atoms. The van der Waals surface area contributed by atoms with Crippen molar-refractivity contribution >= 4 is 5.69 Å². The van der Waals surface area contributed by atoms with Crippen molar-refractivity contribution in [2.45, 2.75) is 25.3 Å². The first kappa shape index (κ1) is 8.36. The molecular weight excluding hydrogens is 158 g/mol. The number of hydrogen-bond donors (Lipinski definition) is 1. The molecule has 1 heteroatoms. The molecule has 0 saturated heterocycles. The molecule has 0 amide bonds. The Hall–Kier alpha value is -1.24. The van der Waals surface area contributed by atoms with Gasteiger partial charge in [0.05, 0.1) is 0 Å². The largest absolute Gasteiger partial charge is 0.382 e. The Labute approximate surface area is 79.5 Å². The van der Waals surface area contributed by atoms with Gasteiger partial charge < -0.3 is 5.32 Å². The van der Waals surface area contributed by atoms with Crippen LogP contribution in [-0.2, 0) is 0 Å². The molecular formula is C12H15N. The van der Waals surface area contributed by atoms with Crippen LogP contribution in [0.15, 0.2) is 42.5 Å². The lowest BCUT2D eigenvalue weighted by molar-refractivity contribution is 0.645. The molecule has 0 radical (unpaired) electrons. The van der Waals surface area contributed by atoms with Crippen molar-refractivity contribution in [2.75, 3.05) is 5.32 Å². The zero-order chi connectivity index (χ0) is 8.93. The lowest BCUT2D eigenvalue weighted by Gasteiger charge is -2.20. The SMILES string of the molecule is C1=CCC(Nc2ccccc2)CC1. The molecule has 1 atom stereocenters. The number of allylic oxidation sites excluding steroid dienone is 1. The topological polar surface area (TPSA) is 12.0 Å². The molecule has 1 aliphatic carbocycles. The maximum Gasteiger partial charge on any atom is 0.0342 e. The smallest absolute Gasteiger partial charge is 0.0342 e. The van der Waals surface area contributed by atoms with Crippen LogP contribution in [0, 0.1) is 0 Å². The van der Waals surface area contributed by atoms with Gasteiger partial charge >= 0.3 is 0 Å². The van der Waals surface area contributed by atoms with Crippen LogP contribution in [0.4, 0.5) is 5.69 Å². The molecule has 1 N–H and O–H groups in total. The molecule has 1 aromatic carbocycles. The second-order valence-corrected chi connectivity index (χ2v) is 3.49. The molecule has 0 aliphatic heterocycles. The Morgan fingerprint density at radius 1 is 1.08 bits per heavy atom. The van der Waals surface area contributed by atoms with Gasteiger partial charge in [-0.3, -0.25) is 0 Å². The van der Waals surface area contributed by atoms with Gasteiger partial charge in [-0.25, -0.2) is 0 Å². The third kappa shape index (κ3) is 2.35. The van der Waals surface area contributed by atoms with E-state index in [0.717, 1.165) is 6.42 Å². The highest BCUT2D eigenvalue weighted by Crippen LogP contribution is 2.16. The van der Waals surface area contributed by atoms with Gasteiger partial charge in [-0.2, -0.15) is 0 Å². The number of nitrogens with one attached hydrogen (secondary N) is 1. The van der Waals surface area contributed by atoms with Crippen molar-refractivity contribution in [3.8, 4) is 0 Å². The number of benzene rings is 1. The molecule has 1 unspecified atom stereocenters. The maximum absolute atomic E-state index is 3.53. The Morgan fingerprint density at radius 2 is 1.92 bits per heavy atom. The summed E-state index contributed by atoms with van der Waals surface area (Å²) < 4.78 is 0. The number of rotatable bonds is 2. The van der Waals surface area contributed by atoms with E-state index in [4.69, 9.17) is 0 Å². The van der Waals surface area contributed by atoms with E-state index >= 15 is 0 Å². The molecule has 68 valence electrons. The lowest BCUT2D eigenvalue weighted by Crippen LogP contribution is -2.19. The summed E-state index contributed by atoms with van der Waals surface area (Å²) in [5.41, 5.74) is 1.24. The van der Waals surface area contributed by atoms with Gasteiger partial charge in [0, 0.05) is 11.7 Å². The highest BCUT2D eigenvalue weighted by atomic mass is 14.9. The minimum absolute atomic E-state index is 0.632. The molecule has 13 heavy (non-hydrogen) atoms. The van der Waals surface area contributed by atoms with E-state index in [1.807, 2.05) is 6.07 Å². The maximum atomic E-state index is 3.53. The second-order valence-electron chi connectivity index (χ2n) is 3.49. The van der Waals surface area contributed by atoms with Gasteiger partial charge in [0.1, 0.15) is 0 Å². The van der Waals surface area contributed by atoms with E-state index in [1.165, 1.54) is 18.5 Å². The number of hydrogen-bond acceptors (Lipinski definition) is 1. The van der Waals surface area contributed by atoms with Gasteiger partial charge in [0.25, 0.3) is 0 Å². The molecule has 1 aromatic rings. The standard InChI is InChI=1S/C12H15N/c1-3-7-11(8-4-1)13-12-9-5-2-6-10-12/h1-5,7-8,12-13H,6,9-10H2. The van der Waals surface area contributed by atoms with E-state index in [1.54, 1.807) is 0 Å². The van der Waals surface area contributed by atoms with Crippen molar-refractivity contribution in [3.63, 3.8) is 0 Å². The van der Waals surface area contributed by atoms with Crippen LogP contribution in [0.2, 0.25) is 0 Å². The van der Waals surface area contributed by atoms with Crippen molar-refractivity contribution in [1.82, 2.24) is 0 Å². The first-order chi connectivity index (χ1) is 6.45. The van der Waals surface area contributed by atoms with Crippen LogP contribution < -0.4 is 5.32 Å². The summed E-state index contributed by atoms with van der Waals surface area (Å²) in [6.45, 7) is 0. The predicted octanol–water partition coefficient (Wildman–Crippen LogP) is 3.21. The zero-order valence-corrected chi connectivity index (χ0v) is 7.74. The molecule has 0 heterocycles. The van der Waals surface area contributed by atoms with Crippen molar-refractivity contribution in [3.05, 3.63) is 42.5 Å². The van der Waals surface area contributed by atoms with Crippen LogP contribution >= 0.6 is 0 Å². The van der Waals surface area contributed by atoms with Gasteiger partial charge in [-0.1, -0.05) is 30.4 Å². The molecule has 0 saturated carbocycles. The number of para-hydroxylation sites is 1. The lowest BCUT2D eigenvalue weighted by atomic mass is 10.0. The van der Waals surface area contributed by atoms with Crippen LogP contribution in [-0.4, -0.2) is 6.04 Å². The van der Waals surface area contributed by atoms with Crippen molar-refractivity contribution in [1.29, 1.82) is 0 Å². The fraction of sp³-hybridized carbons (Fsp3) is 0.333. The van der Waals surface area contributed by atoms with E-state index in [2.05, 4.69) is 41.7 Å². The van der Waals surface area contributed by atoms with Crippen molar-refractivity contribution in [2.24, 2.45) is 0 Å². The first-order valence-corrected chi connectivity index (χ1v) is 4.92. The third-order valence-corrected chi connectivity index (χ3v) is 2.41. The van der Waals surface area contributed by atoms with Gasteiger partial charge in [0.15, 0.2) is 0 Å². The highest BCUT2D eigenvalue weighted by molar-refractivity contribution is 5.43. The van der Waals surface area contributed by atoms with Crippen LogP contribution in [0.1, 0.15) is 19.3 Å². The minimum atomic E-state index is 0.632. The third-order valence-electron chi connectivity index (χ3n) is 2.41. The summed E-state index contributed by atoms with van der Waals surface area (Å²) in [7, 11) is 0. The van der Waals surface area contributed by atoms with E-state index in [0.29, 0.717) is 6.04 Å². The predicted molar refractivity (Wildman–Crippen MR) is 56.8 cm³/mol. The quantitative estimate of drug-likeness (QED) is 0.677. The average molecular weight is 173 g/mol. The van der Waals surface area contributed by atoms with E-state index < -0.39 is 0 Å². The number of anilines is 1. The van der Waals surface area contributed by atoms with Crippen molar-refractivity contribution < 1.29 is 0 Å². The first-order valence-electron chi connectivity index (χ1n) is 4.92. The molecule has 0 fully saturated rings. The summed E-state index contributed by atoms with van der Waals surface area (Å²) in [6.07, 6.45) is 8.16. The molecule has 1 nitrogen and oxygen atoms in total. The van der Waals surface area contributed by atoms with Crippen LogP contribution in [0.3, 0.4) is 0 Å². The fourth-order valence-electron chi connectivity index (χ4n) is 1.69. The van der Waals surface area contributed by atoms with Crippen LogP contribution in [0.5, 0.6) is 0 Å². The Kier molecular flexibility index (Phi) is 2.65. The zero-order valence-electron chi connectivity index (χ0n) is 7.74. The summed E-state index contributed by atoms with van der Waals surface area (Å²) in [5.74, 6) is 0. The highest BCUT2D eigenvalue weighted by Gasteiger charge is 2.08. The van der Waals surface area contributed by atoms with Crippen LogP contribution in [0.25, 0.3) is 0 Å². The second kappa shape index (κ2) is 4.13. The summed E-state index contributed by atoms with van der Waals surface area (Å²) in [4.78, 5) is 0. The minimum Gasteiger partial charge on any atom is -0.382 e. The van der Waals surface area contributed by atoms with Gasteiger partial charge in [0.2, 0.25) is 0 Å². The average Bonchev–Trinajstić information content (AvgIpc) is 2.21. The normalized spacial score (nSPS) is 21.4. The van der Waals surface area contributed by atoms with Gasteiger partial charge in [-0.15, -0.1) is 0 Å². The molecule has 0 aromatic heterocycles. The molecule has 1 aliphatic rings. The monoisotopic (exact) mass is 173 g/mol. The summed E-state index contributed by atoms with van der Waals surface area (Å²) >= 11 is 0. The van der Waals surface area contributed by atoms with E-state index in [-0.39, 0.29) is 0 Å². The molecule has 2 rings (SSSR count). The Morgan fingerprint density at radius 3 is 2.62 bits per heavy atom. The Balaban J connectivity index is 1.94. The summed E-state index contributed by atoms with van der Waals surface area (Å²) in [5, 5.41) is 3.53. The Bertz CT molecular complexity index is 276. The van der Waals surface area contributed by atoms with E-state index in [9.17, 15) is 0 Å².